The van der Waals surface area contributed by atoms with Crippen molar-refractivity contribution in [2.75, 3.05) is 7.05 Å². The second-order valence-electron chi connectivity index (χ2n) is 5.58. The van der Waals surface area contributed by atoms with E-state index in [4.69, 9.17) is 0 Å². The van der Waals surface area contributed by atoms with Gasteiger partial charge in [-0.1, -0.05) is 46.0 Å². The molecule has 1 N–H and O–H groups in total. The van der Waals surface area contributed by atoms with E-state index in [2.05, 4.69) is 47.2 Å². The number of hydrogen-bond donors (Lipinski definition) is 1. The molecule has 0 aliphatic heterocycles. The minimum absolute atomic E-state index is 0.549. The fraction of sp³-hybridized carbons (Fsp3) is 0.812. The van der Waals surface area contributed by atoms with E-state index in [1.165, 1.54) is 54.4 Å². The molecular formula is C16H30BrN3. The highest BCUT2D eigenvalue weighted by atomic mass is 79.9. The average Bonchev–Trinajstić information content (AvgIpc) is 2.72. The molecular weight excluding hydrogens is 314 g/mol. The zero-order valence-corrected chi connectivity index (χ0v) is 15.1. The van der Waals surface area contributed by atoms with Gasteiger partial charge in [-0.2, -0.15) is 5.10 Å². The Labute approximate surface area is 132 Å². The summed E-state index contributed by atoms with van der Waals surface area (Å²) < 4.78 is 3.23. The molecule has 1 aromatic rings. The lowest BCUT2D eigenvalue weighted by Gasteiger charge is -2.16. The monoisotopic (exact) mass is 343 g/mol. The fourth-order valence-electron chi connectivity index (χ4n) is 2.62. The van der Waals surface area contributed by atoms with Crippen LogP contribution in [0.2, 0.25) is 0 Å². The van der Waals surface area contributed by atoms with E-state index >= 15 is 0 Å². The van der Waals surface area contributed by atoms with Crippen LogP contribution in [-0.4, -0.2) is 22.9 Å². The summed E-state index contributed by atoms with van der Waals surface area (Å²) in [5.74, 6) is 0. The van der Waals surface area contributed by atoms with Gasteiger partial charge in [0.25, 0.3) is 0 Å². The van der Waals surface area contributed by atoms with E-state index in [9.17, 15) is 0 Å². The Kier molecular flexibility index (Phi) is 8.46. The molecule has 0 radical (unpaired) electrons. The minimum atomic E-state index is 0.549. The summed E-state index contributed by atoms with van der Waals surface area (Å²) in [6.07, 6.45) is 10.0. The van der Waals surface area contributed by atoms with E-state index in [1.54, 1.807) is 0 Å². The molecule has 0 saturated heterocycles. The van der Waals surface area contributed by atoms with Crippen molar-refractivity contribution >= 4 is 15.9 Å². The lowest BCUT2D eigenvalue weighted by molar-refractivity contribution is 0.470. The van der Waals surface area contributed by atoms with E-state index in [0.717, 1.165) is 12.8 Å². The molecule has 0 spiro atoms. The van der Waals surface area contributed by atoms with Crippen molar-refractivity contribution in [1.82, 2.24) is 15.1 Å². The molecule has 1 atom stereocenters. The third-order valence-corrected chi connectivity index (χ3v) is 4.92. The predicted octanol–water partition coefficient (Wildman–Crippen LogP) is 4.24. The molecule has 0 bridgehead atoms. The fourth-order valence-corrected chi connectivity index (χ4v) is 3.40. The normalized spacial score (nSPS) is 12.8. The lowest BCUT2D eigenvalue weighted by atomic mass is 10.0. The maximum atomic E-state index is 4.58. The smallest absolute Gasteiger partial charge is 0.0766 e. The Hall–Kier alpha value is -0.350. The molecule has 1 unspecified atom stereocenters. The van der Waals surface area contributed by atoms with Gasteiger partial charge in [0.2, 0.25) is 0 Å². The first-order valence-corrected chi connectivity index (χ1v) is 8.80. The molecule has 0 aliphatic rings. The van der Waals surface area contributed by atoms with E-state index in [0.29, 0.717) is 6.04 Å². The topological polar surface area (TPSA) is 29.9 Å². The van der Waals surface area contributed by atoms with Crippen molar-refractivity contribution in [3.63, 3.8) is 0 Å². The van der Waals surface area contributed by atoms with Gasteiger partial charge in [-0.25, -0.2) is 0 Å². The highest BCUT2D eigenvalue weighted by molar-refractivity contribution is 9.10. The van der Waals surface area contributed by atoms with Gasteiger partial charge >= 0.3 is 0 Å². The average molecular weight is 344 g/mol. The quantitative estimate of drug-likeness (QED) is 0.644. The molecule has 20 heavy (non-hydrogen) atoms. The number of halogens is 1. The Morgan fingerprint density at radius 1 is 1.20 bits per heavy atom. The standard InChI is InChI=1S/C16H30BrN3/c1-5-7-8-9-10-11-13(18-3)12-15-16(17)14(6-2)19-20(15)4/h13,18H,5-12H2,1-4H3. The molecule has 116 valence electrons. The summed E-state index contributed by atoms with van der Waals surface area (Å²) in [4.78, 5) is 0. The second kappa shape index (κ2) is 9.56. The number of hydrogen-bond acceptors (Lipinski definition) is 2. The van der Waals surface area contributed by atoms with Gasteiger partial charge in [-0.3, -0.25) is 4.68 Å². The maximum Gasteiger partial charge on any atom is 0.0766 e. The van der Waals surface area contributed by atoms with Crippen LogP contribution in [0.25, 0.3) is 0 Å². The van der Waals surface area contributed by atoms with Crippen molar-refractivity contribution in [1.29, 1.82) is 0 Å². The molecule has 0 amide bonds. The Balaban J connectivity index is 2.49. The summed E-state index contributed by atoms with van der Waals surface area (Å²) in [5.41, 5.74) is 2.48. The van der Waals surface area contributed by atoms with Gasteiger partial charge in [-0.15, -0.1) is 0 Å². The first kappa shape index (κ1) is 17.7. The number of rotatable bonds is 10. The summed E-state index contributed by atoms with van der Waals surface area (Å²) in [6.45, 7) is 4.42. The Bertz CT molecular complexity index is 387. The molecule has 0 aliphatic carbocycles. The molecule has 3 nitrogen and oxygen atoms in total. The number of aromatic nitrogens is 2. The van der Waals surface area contributed by atoms with Crippen LogP contribution in [0, 0.1) is 0 Å². The molecule has 0 fully saturated rings. The van der Waals surface area contributed by atoms with Crippen molar-refractivity contribution in [2.24, 2.45) is 7.05 Å². The van der Waals surface area contributed by atoms with E-state index in [1.807, 2.05) is 11.7 Å². The molecule has 4 heteroatoms. The first-order valence-electron chi connectivity index (χ1n) is 8.01. The van der Waals surface area contributed by atoms with Crippen LogP contribution >= 0.6 is 15.9 Å². The van der Waals surface area contributed by atoms with Crippen LogP contribution in [0.15, 0.2) is 4.47 Å². The maximum absolute atomic E-state index is 4.58. The minimum Gasteiger partial charge on any atom is -0.317 e. The van der Waals surface area contributed by atoms with Gasteiger partial charge in [0, 0.05) is 19.5 Å². The lowest BCUT2D eigenvalue weighted by Crippen LogP contribution is -2.28. The Morgan fingerprint density at radius 3 is 2.45 bits per heavy atom. The largest absolute Gasteiger partial charge is 0.317 e. The second-order valence-corrected chi connectivity index (χ2v) is 6.37. The van der Waals surface area contributed by atoms with Gasteiger partial charge in [0.1, 0.15) is 0 Å². The van der Waals surface area contributed by atoms with Gasteiger partial charge < -0.3 is 5.32 Å². The number of nitrogens with one attached hydrogen (secondary N) is 1. The molecule has 1 aromatic heterocycles. The highest BCUT2D eigenvalue weighted by Gasteiger charge is 2.16. The molecule has 0 aromatic carbocycles. The van der Waals surface area contributed by atoms with Gasteiger partial charge in [0.05, 0.1) is 15.9 Å². The van der Waals surface area contributed by atoms with E-state index in [-0.39, 0.29) is 0 Å². The predicted molar refractivity (Wildman–Crippen MR) is 90.2 cm³/mol. The van der Waals surface area contributed by atoms with Crippen LogP contribution in [0.1, 0.15) is 63.8 Å². The van der Waals surface area contributed by atoms with E-state index < -0.39 is 0 Å². The van der Waals surface area contributed by atoms with Crippen LogP contribution in [0.3, 0.4) is 0 Å². The molecule has 1 rings (SSSR count). The van der Waals surface area contributed by atoms with Crippen molar-refractivity contribution < 1.29 is 0 Å². The summed E-state index contributed by atoms with van der Waals surface area (Å²) in [5, 5.41) is 8.04. The van der Waals surface area contributed by atoms with Gasteiger partial charge in [0.15, 0.2) is 0 Å². The first-order chi connectivity index (χ1) is 9.63. The number of unbranched alkanes of at least 4 members (excludes halogenated alkanes) is 4. The summed E-state index contributed by atoms with van der Waals surface area (Å²) in [6, 6.07) is 0.549. The van der Waals surface area contributed by atoms with Crippen LogP contribution in [-0.2, 0) is 19.9 Å². The van der Waals surface area contributed by atoms with Crippen LogP contribution < -0.4 is 5.32 Å². The zero-order chi connectivity index (χ0) is 15.0. The summed E-state index contributed by atoms with van der Waals surface area (Å²) >= 11 is 3.71. The number of nitrogens with zero attached hydrogens (tertiary/aromatic N) is 2. The van der Waals surface area contributed by atoms with Crippen molar-refractivity contribution in [3.8, 4) is 0 Å². The number of aryl methyl sites for hydroxylation is 2. The zero-order valence-electron chi connectivity index (χ0n) is 13.5. The Morgan fingerprint density at radius 2 is 1.90 bits per heavy atom. The third kappa shape index (κ3) is 5.21. The van der Waals surface area contributed by atoms with Crippen molar-refractivity contribution in [2.45, 2.75) is 71.3 Å². The van der Waals surface area contributed by atoms with Crippen LogP contribution in [0.5, 0.6) is 0 Å². The highest BCUT2D eigenvalue weighted by Crippen LogP contribution is 2.23. The summed E-state index contributed by atoms with van der Waals surface area (Å²) in [7, 11) is 4.12. The third-order valence-electron chi connectivity index (χ3n) is 4.01. The number of likely N-dealkylation sites (N-methyl/N-ethyl adjacent to an activating group) is 1. The SMILES string of the molecule is CCCCCCCC(Cc1c(Br)c(CC)nn1C)NC. The van der Waals surface area contributed by atoms with Gasteiger partial charge in [-0.05, 0) is 35.8 Å². The van der Waals surface area contributed by atoms with Crippen molar-refractivity contribution in [3.05, 3.63) is 15.9 Å². The molecule has 1 heterocycles. The van der Waals surface area contributed by atoms with Crippen LogP contribution in [0.4, 0.5) is 0 Å². The molecule has 0 saturated carbocycles.